The van der Waals surface area contributed by atoms with Crippen LogP contribution in [0.4, 0.5) is 0 Å². The summed E-state index contributed by atoms with van der Waals surface area (Å²) in [5.41, 5.74) is 11.0. The number of benzene rings is 3. The lowest BCUT2D eigenvalue weighted by Gasteiger charge is -2.12. The average molecular weight is 589 g/mol. The molecule has 0 saturated heterocycles. The van der Waals surface area contributed by atoms with Crippen LogP contribution >= 0.6 is 0 Å². The number of hydrogen-bond acceptors (Lipinski definition) is 6. The number of nitrogens with zero attached hydrogens (tertiary/aromatic N) is 12. The first kappa shape index (κ1) is 24.2. The van der Waals surface area contributed by atoms with Gasteiger partial charge in [-0.2, -0.15) is 30.2 Å². The van der Waals surface area contributed by atoms with Gasteiger partial charge in [0, 0.05) is 18.2 Å². The maximum absolute atomic E-state index is 5.20. The van der Waals surface area contributed by atoms with Crippen molar-refractivity contribution < 1.29 is 0 Å². The molecule has 10 rings (SSSR count). The topological polar surface area (TPSA) is 105 Å². The van der Waals surface area contributed by atoms with Crippen LogP contribution in [0, 0.1) is 20.8 Å². The van der Waals surface area contributed by atoms with Gasteiger partial charge in [0.1, 0.15) is 16.9 Å². The molecule has 7 heterocycles. The second-order valence-corrected chi connectivity index (χ2v) is 11.4. The third-order valence-corrected chi connectivity index (χ3v) is 8.38. The normalized spacial score (nSPS) is 12.3. The van der Waals surface area contributed by atoms with Gasteiger partial charge in [0.05, 0.1) is 50.2 Å². The predicted octanol–water partition coefficient (Wildman–Crippen LogP) is 5.57. The third-order valence-electron chi connectivity index (χ3n) is 8.38. The second kappa shape index (κ2) is 8.41. The largest absolute Gasteiger partial charge is 0.260 e. The molecule has 0 N–H and O–H groups in total. The van der Waals surface area contributed by atoms with Crippen molar-refractivity contribution in [2.24, 2.45) is 0 Å². The Bertz CT molecular complexity index is 2500. The van der Waals surface area contributed by atoms with Gasteiger partial charge in [-0.25, -0.2) is 13.5 Å². The van der Waals surface area contributed by atoms with Gasteiger partial charge in [-0.1, -0.05) is 36.4 Å². The molecule has 0 amide bonds. The molecule has 45 heavy (non-hydrogen) atoms. The Morgan fingerprint density at radius 2 is 0.644 bits per heavy atom. The summed E-state index contributed by atoms with van der Waals surface area (Å²) in [7, 11) is 0. The highest BCUT2D eigenvalue weighted by atomic mass is 15.4. The first-order chi connectivity index (χ1) is 22.0. The SMILES string of the molecule is Cc1cc2n(-c3nc(-n4c5ccccc5n5nc(C)cc45)nc(-n4c5ccccc5n5nc(C)cc45)n3)c3ccccc3n2n1. The Kier molecular flexibility index (Phi) is 4.52. The summed E-state index contributed by atoms with van der Waals surface area (Å²) in [6.45, 7) is 5.98. The fourth-order valence-electron chi connectivity index (χ4n) is 6.61. The molecule has 7 aromatic heterocycles. The number of aromatic nitrogens is 12. The number of rotatable bonds is 3. The highest BCUT2D eigenvalue weighted by Gasteiger charge is 2.24. The van der Waals surface area contributed by atoms with Gasteiger partial charge in [-0.15, -0.1) is 0 Å². The van der Waals surface area contributed by atoms with Crippen LogP contribution in [-0.2, 0) is 0 Å². The zero-order valence-electron chi connectivity index (χ0n) is 24.5. The van der Waals surface area contributed by atoms with Crippen molar-refractivity contribution in [3.05, 3.63) is 108 Å². The molecule has 0 bridgehead atoms. The van der Waals surface area contributed by atoms with Gasteiger partial charge in [-0.05, 0) is 57.2 Å². The summed E-state index contributed by atoms with van der Waals surface area (Å²) in [6, 6.07) is 30.6. The van der Waals surface area contributed by atoms with Crippen molar-refractivity contribution in [3.8, 4) is 17.8 Å². The van der Waals surface area contributed by atoms with Gasteiger partial charge >= 0.3 is 0 Å². The zero-order valence-corrected chi connectivity index (χ0v) is 24.5. The van der Waals surface area contributed by atoms with E-state index in [4.69, 9.17) is 30.2 Å². The second-order valence-electron chi connectivity index (χ2n) is 11.4. The Morgan fingerprint density at radius 1 is 0.378 bits per heavy atom. The van der Waals surface area contributed by atoms with Crippen molar-refractivity contribution in [2.45, 2.75) is 20.8 Å². The van der Waals surface area contributed by atoms with Crippen molar-refractivity contribution >= 4 is 50.0 Å². The van der Waals surface area contributed by atoms with Crippen molar-refractivity contribution in [3.63, 3.8) is 0 Å². The van der Waals surface area contributed by atoms with E-state index in [0.717, 1.165) is 67.1 Å². The van der Waals surface area contributed by atoms with Gasteiger partial charge in [0.25, 0.3) is 0 Å². The minimum Gasteiger partial charge on any atom is -0.260 e. The minimum absolute atomic E-state index is 0.473. The summed E-state index contributed by atoms with van der Waals surface area (Å²) >= 11 is 0. The van der Waals surface area contributed by atoms with Gasteiger partial charge < -0.3 is 0 Å². The third kappa shape index (κ3) is 3.19. The van der Waals surface area contributed by atoms with Gasteiger partial charge in [0.15, 0.2) is 0 Å². The Morgan fingerprint density at radius 3 is 0.933 bits per heavy atom. The summed E-state index contributed by atoms with van der Waals surface area (Å²) in [5, 5.41) is 14.4. The van der Waals surface area contributed by atoms with Crippen LogP contribution in [0.1, 0.15) is 17.1 Å². The lowest BCUT2D eigenvalue weighted by molar-refractivity contribution is 0.834. The molecule has 3 aromatic carbocycles. The Hall–Kier alpha value is -6.30. The van der Waals surface area contributed by atoms with Crippen molar-refractivity contribution in [2.75, 3.05) is 0 Å². The fourth-order valence-corrected chi connectivity index (χ4v) is 6.61. The smallest absolute Gasteiger partial charge is 0.242 e. The van der Waals surface area contributed by atoms with E-state index in [1.807, 2.05) is 70.7 Å². The molecular formula is C33H24N12. The van der Waals surface area contributed by atoms with Crippen LogP contribution < -0.4 is 0 Å². The van der Waals surface area contributed by atoms with Crippen LogP contribution in [0.25, 0.3) is 67.9 Å². The van der Waals surface area contributed by atoms with Crippen LogP contribution in [0.2, 0.25) is 0 Å². The molecule has 0 atom stereocenters. The van der Waals surface area contributed by atoms with Crippen LogP contribution in [-0.4, -0.2) is 57.5 Å². The molecule has 0 spiro atoms. The first-order valence-corrected chi connectivity index (χ1v) is 14.7. The van der Waals surface area contributed by atoms with Crippen molar-refractivity contribution in [1.82, 2.24) is 57.5 Å². The number of imidazole rings is 3. The summed E-state index contributed by atoms with van der Waals surface area (Å²) < 4.78 is 12.0. The fraction of sp³-hybridized carbons (Fsp3) is 0.0909. The number of para-hydroxylation sites is 6. The highest BCUT2D eigenvalue weighted by Crippen LogP contribution is 2.30. The quantitative estimate of drug-likeness (QED) is 0.267. The lowest BCUT2D eigenvalue weighted by atomic mass is 10.3. The summed E-state index contributed by atoms with van der Waals surface area (Å²) in [6.07, 6.45) is 0. The highest BCUT2D eigenvalue weighted by molar-refractivity contribution is 5.86. The Balaban J connectivity index is 1.38. The first-order valence-electron chi connectivity index (χ1n) is 14.7. The van der Waals surface area contributed by atoms with Crippen LogP contribution in [0.3, 0.4) is 0 Å². The standard InChI is InChI=1S/C33H24N12/c1-19-16-28-40(22-10-4-7-13-25(22)43(28)37-19)31-34-32(41-23-11-5-8-14-26(23)44-29(41)17-20(2)38-44)36-33(35-31)42-24-12-6-9-15-27(24)45-30(42)18-21(3)39-45/h4-18H,1-3H3. The van der Waals surface area contributed by atoms with E-state index in [9.17, 15) is 0 Å². The average Bonchev–Trinajstić information content (AvgIpc) is 3.86. The van der Waals surface area contributed by atoms with E-state index in [2.05, 4.69) is 68.3 Å². The zero-order chi connectivity index (χ0) is 30.0. The predicted molar refractivity (Wildman–Crippen MR) is 171 cm³/mol. The van der Waals surface area contributed by atoms with Gasteiger partial charge in [0.2, 0.25) is 17.8 Å². The number of fused-ring (bicyclic) bond motifs is 9. The molecule has 10 aromatic rings. The molecule has 216 valence electrons. The van der Waals surface area contributed by atoms with E-state index >= 15 is 0 Å². The maximum Gasteiger partial charge on any atom is 0.242 e. The molecule has 12 heteroatoms. The lowest BCUT2D eigenvalue weighted by Crippen LogP contribution is -2.13. The molecule has 0 aliphatic carbocycles. The molecule has 0 radical (unpaired) electrons. The maximum atomic E-state index is 5.20. The molecular weight excluding hydrogens is 564 g/mol. The monoisotopic (exact) mass is 588 g/mol. The molecule has 0 aliphatic heterocycles. The molecule has 0 saturated carbocycles. The van der Waals surface area contributed by atoms with Crippen LogP contribution in [0.5, 0.6) is 0 Å². The van der Waals surface area contributed by atoms with E-state index in [-0.39, 0.29) is 0 Å². The molecule has 0 fully saturated rings. The molecule has 0 unspecified atom stereocenters. The van der Waals surface area contributed by atoms with E-state index in [1.165, 1.54) is 0 Å². The van der Waals surface area contributed by atoms with Crippen molar-refractivity contribution in [1.29, 1.82) is 0 Å². The minimum atomic E-state index is 0.473. The summed E-state index contributed by atoms with van der Waals surface area (Å²) in [5.74, 6) is 1.42. The Labute approximate surface area is 254 Å². The van der Waals surface area contributed by atoms with E-state index < -0.39 is 0 Å². The number of hydrogen-bond donors (Lipinski definition) is 0. The molecule has 12 nitrogen and oxygen atoms in total. The molecule has 0 aliphatic rings. The summed E-state index contributed by atoms with van der Waals surface area (Å²) in [4.78, 5) is 15.6. The van der Waals surface area contributed by atoms with Crippen LogP contribution in [0.15, 0.2) is 91.0 Å². The van der Waals surface area contributed by atoms with E-state index in [1.54, 1.807) is 0 Å². The van der Waals surface area contributed by atoms with E-state index in [0.29, 0.717) is 17.8 Å². The number of aryl methyl sites for hydroxylation is 3. The van der Waals surface area contributed by atoms with Gasteiger partial charge in [-0.3, -0.25) is 13.7 Å².